The van der Waals surface area contributed by atoms with E-state index in [-0.39, 0.29) is 11.4 Å². The Kier molecular flexibility index (Phi) is 3.69. The Morgan fingerprint density at radius 3 is 2.41 bits per heavy atom. The number of aliphatic hydroxyl groups excluding tert-OH is 1. The Morgan fingerprint density at radius 2 is 1.88 bits per heavy atom. The van der Waals surface area contributed by atoms with E-state index in [4.69, 9.17) is 16.7 Å². The summed E-state index contributed by atoms with van der Waals surface area (Å²) < 4.78 is 0. The summed E-state index contributed by atoms with van der Waals surface area (Å²) in [7, 11) is 0. The zero-order chi connectivity index (χ0) is 12.3. The first-order valence-electron chi connectivity index (χ1n) is 5.84. The second-order valence-electron chi connectivity index (χ2n) is 4.50. The highest BCUT2D eigenvalue weighted by atomic mass is 35.5. The molecule has 92 valence electrons. The number of halogens is 1. The Hall–Kier alpha value is -1.06. The minimum atomic E-state index is -0.463. The number of amides is 1. The molecule has 1 aromatic carbocycles. The zero-order valence-corrected chi connectivity index (χ0v) is 10.3. The molecule has 2 N–H and O–H groups in total. The molecule has 0 radical (unpaired) electrons. The van der Waals surface area contributed by atoms with E-state index >= 15 is 0 Å². The molecule has 17 heavy (non-hydrogen) atoms. The fourth-order valence-corrected chi connectivity index (χ4v) is 2.67. The van der Waals surface area contributed by atoms with Crippen molar-refractivity contribution >= 4 is 17.5 Å². The van der Waals surface area contributed by atoms with Gasteiger partial charge in [-0.15, -0.1) is 0 Å². The molecular weight excluding hydrogens is 238 g/mol. The predicted octanol–water partition coefficient (Wildman–Crippen LogP) is 2.22. The van der Waals surface area contributed by atoms with E-state index in [9.17, 15) is 4.79 Å². The molecule has 1 amide bonds. The summed E-state index contributed by atoms with van der Waals surface area (Å²) in [5.74, 6) is -0.318. The van der Waals surface area contributed by atoms with Crippen LogP contribution in [0.5, 0.6) is 0 Å². The van der Waals surface area contributed by atoms with Gasteiger partial charge in [-0.1, -0.05) is 36.6 Å². The lowest BCUT2D eigenvalue weighted by molar-refractivity contribution is -0.125. The van der Waals surface area contributed by atoms with Gasteiger partial charge in [0.05, 0.1) is 5.54 Å². The van der Waals surface area contributed by atoms with Crippen molar-refractivity contribution in [2.45, 2.75) is 31.2 Å². The van der Waals surface area contributed by atoms with Crippen LogP contribution in [0, 0.1) is 0 Å². The third-order valence-electron chi connectivity index (χ3n) is 3.38. The molecule has 1 aliphatic carbocycles. The molecule has 0 unspecified atom stereocenters. The van der Waals surface area contributed by atoms with Crippen LogP contribution in [-0.4, -0.2) is 17.6 Å². The van der Waals surface area contributed by atoms with E-state index in [0.29, 0.717) is 5.02 Å². The topological polar surface area (TPSA) is 49.3 Å². The second-order valence-corrected chi connectivity index (χ2v) is 4.94. The average Bonchev–Trinajstić information content (AvgIpc) is 2.79. The third-order valence-corrected chi connectivity index (χ3v) is 3.63. The summed E-state index contributed by atoms with van der Waals surface area (Å²) in [6.07, 6.45) is 4.02. The highest BCUT2D eigenvalue weighted by molar-refractivity contribution is 6.30. The number of carbonyl (C=O) groups excluding carboxylic acids is 1. The molecule has 0 saturated heterocycles. The lowest BCUT2D eigenvalue weighted by Crippen LogP contribution is -2.45. The van der Waals surface area contributed by atoms with E-state index in [2.05, 4.69) is 5.32 Å². The monoisotopic (exact) mass is 253 g/mol. The molecule has 0 bridgehead atoms. The summed E-state index contributed by atoms with van der Waals surface area (Å²) in [5.41, 5.74) is 0.755. The maximum absolute atomic E-state index is 11.4. The Labute approximate surface area is 106 Å². The van der Waals surface area contributed by atoms with Crippen LogP contribution in [0.15, 0.2) is 24.3 Å². The fraction of sp³-hybridized carbons (Fsp3) is 0.462. The normalized spacial score (nSPS) is 18.0. The minimum Gasteiger partial charge on any atom is -0.387 e. The van der Waals surface area contributed by atoms with Crippen LogP contribution in [0.3, 0.4) is 0 Å². The van der Waals surface area contributed by atoms with Crippen LogP contribution in [0.25, 0.3) is 0 Å². The van der Waals surface area contributed by atoms with Gasteiger partial charge >= 0.3 is 0 Å². The standard InChI is InChI=1S/C13H16ClNO2/c14-11-5-3-10(4-6-11)13(7-1-2-8-13)15-12(17)9-16/h3-6,16H,1-2,7-9H2,(H,15,17). The maximum atomic E-state index is 11.4. The quantitative estimate of drug-likeness (QED) is 0.868. The Morgan fingerprint density at radius 1 is 1.29 bits per heavy atom. The molecule has 0 aliphatic heterocycles. The first kappa shape index (κ1) is 12.4. The van der Waals surface area contributed by atoms with E-state index in [1.54, 1.807) is 0 Å². The van der Waals surface area contributed by atoms with Crippen LogP contribution >= 0.6 is 11.6 Å². The summed E-state index contributed by atoms with van der Waals surface area (Å²) >= 11 is 5.87. The van der Waals surface area contributed by atoms with Crippen molar-refractivity contribution in [1.29, 1.82) is 0 Å². The second kappa shape index (κ2) is 5.07. The zero-order valence-electron chi connectivity index (χ0n) is 9.58. The Bertz CT molecular complexity index is 396. The molecule has 1 aliphatic rings. The largest absolute Gasteiger partial charge is 0.387 e. The summed E-state index contributed by atoms with van der Waals surface area (Å²) in [5, 5.41) is 12.5. The molecule has 0 spiro atoms. The molecule has 1 saturated carbocycles. The molecule has 4 heteroatoms. The molecule has 0 aromatic heterocycles. The van der Waals surface area contributed by atoms with Gasteiger partial charge in [0.25, 0.3) is 0 Å². The molecule has 3 nitrogen and oxygen atoms in total. The minimum absolute atomic E-state index is 0.315. The first-order chi connectivity index (χ1) is 8.16. The molecule has 0 atom stereocenters. The van der Waals surface area contributed by atoms with Gasteiger partial charge in [0.15, 0.2) is 0 Å². The van der Waals surface area contributed by atoms with Crippen molar-refractivity contribution in [2.75, 3.05) is 6.61 Å². The molecular formula is C13H16ClNO2. The SMILES string of the molecule is O=C(CO)NC1(c2ccc(Cl)cc2)CCCC1. The van der Waals surface area contributed by atoms with Crippen molar-refractivity contribution in [3.63, 3.8) is 0 Å². The number of hydrogen-bond acceptors (Lipinski definition) is 2. The highest BCUT2D eigenvalue weighted by Crippen LogP contribution is 2.38. The summed E-state index contributed by atoms with van der Waals surface area (Å²) in [6.45, 7) is -0.463. The van der Waals surface area contributed by atoms with Gasteiger partial charge in [-0.05, 0) is 30.5 Å². The molecule has 2 rings (SSSR count). The highest BCUT2D eigenvalue weighted by Gasteiger charge is 2.36. The van der Waals surface area contributed by atoms with Gasteiger partial charge in [0, 0.05) is 5.02 Å². The number of nitrogens with one attached hydrogen (secondary N) is 1. The average molecular weight is 254 g/mol. The van der Waals surface area contributed by atoms with Gasteiger partial charge < -0.3 is 10.4 Å². The lowest BCUT2D eigenvalue weighted by atomic mass is 9.88. The van der Waals surface area contributed by atoms with Gasteiger partial charge in [-0.25, -0.2) is 0 Å². The van der Waals surface area contributed by atoms with Gasteiger partial charge in [-0.2, -0.15) is 0 Å². The van der Waals surface area contributed by atoms with Gasteiger partial charge in [0.1, 0.15) is 6.61 Å². The summed E-state index contributed by atoms with van der Waals surface area (Å²) in [6, 6.07) is 7.57. The van der Waals surface area contributed by atoms with E-state index < -0.39 is 6.61 Å². The van der Waals surface area contributed by atoms with Crippen LogP contribution in [0.4, 0.5) is 0 Å². The van der Waals surface area contributed by atoms with Crippen molar-refractivity contribution in [2.24, 2.45) is 0 Å². The van der Waals surface area contributed by atoms with Crippen molar-refractivity contribution in [3.8, 4) is 0 Å². The maximum Gasteiger partial charge on any atom is 0.246 e. The lowest BCUT2D eigenvalue weighted by Gasteiger charge is -2.30. The third kappa shape index (κ3) is 2.61. The number of hydrogen-bond donors (Lipinski definition) is 2. The van der Waals surface area contributed by atoms with Crippen LogP contribution in [0.1, 0.15) is 31.2 Å². The van der Waals surface area contributed by atoms with Gasteiger partial charge in [-0.3, -0.25) is 4.79 Å². The number of aliphatic hydroxyl groups is 1. The number of benzene rings is 1. The fourth-order valence-electron chi connectivity index (χ4n) is 2.54. The molecule has 1 aromatic rings. The van der Waals surface area contributed by atoms with Crippen LogP contribution in [0.2, 0.25) is 5.02 Å². The van der Waals surface area contributed by atoms with Gasteiger partial charge in [0.2, 0.25) is 5.91 Å². The van der Waals surface area contributed by atoms with E-state index in [1.165, 1.54) is 0 Å². The van der Waals surface area contributed by atoms with Crippen LogP contribution in [-0.2, 0) is 10.3 Å². The number of rotatable bonds is 3. The van der Waals surface area contributed by atoms with E-state index in [0.717, 1.165) is 31.2 Å². The van der Waals surface area contributed by atoms with Crippen molar-refractivity contribution in [3.05, 3.63) is 34.9 Å². The summed E-state index contributed by atoms with van der Waals surface area (Å²) in [4.78, 5) is 11.4. The smallest absolute Gasteiger partial charge is 0.246 e. The van der Waals surface area contributed by atoms with Crippen LogP contribution < -0.4 is 5.32 Å². The predicted molar refractivity (Wildman–Crippen MR) is 66.8 cm³/mol. The Balaban J connectivity index is 2.27. The number of carbonyl (C=O) groups is 1. The van der Waals surface area contributed by atoms with Crippen molar-refractivity contribution in [1.82, 2.24) is 5.32 Å². The molecule has 0 heterocycles. The molecule has 1 fully saturated rings. The van der Waals surface area contributed by atoms with Crippen molar-refractivity contribution < 1.29 is 9.90 Å². The first-order valence-corrected chi connectivity index (χ1v) is 6.22. The van der Waals surface area contributed by atoms with E-state index in [1.807, 2.05) is 24.3 Å².